The highest BCUT2D eigenvalue weighted by Crippen LogP contribution is 2.44. The average molecular weight is 382 g/mol. The van der Waals surface area contributed by atoms with Crippen molar-refractivity contribution < 1.29 is 23.8 Å². The summed E-state index contributed by atoms with van der Waals surface area (Å²) in [5.74, 6) is 0. The smallest absolute Gasteiger partial charge is 0.390 e. The fraction of sp³-hybridized carbons (Fsp3) is 0.385. The number of fused-ring (bicyclic) bond motifs is 1. The lowest BCUT2D eigenvalue weighted by molar-refractivity contribution is -0.0400. The van der Waals surface area contributed by atoms with Gasteiger partial charge < -0.3 is 19.7 Å². The van der Waals surface area contributed by atoms with Crippen molar-refractivity contribution in [3.63, 3.8) is 0 Å². The normalized spacial score (nSPS) is 25.5. The van der Waals surface area contributed by atoms with Crippen LogP contribution >= 0.6 is 7.75 Å². The molecule has 3 aromatic heterocycles. The number of nitrogens with zero attached hydrogens (tertiary/aromatic N) is 5. The first-order valence-electron chi connectivity index (χ1n) is 7.65. The van der Waals surface area contributed by atoms with E-state index in [-0.39, 0.29) is 24.1 Å². The maximum atomic E-state index is 12.1. The Morgan fingerprint density at radius 3 is 3.04 bits per heavy atom. The Labute approximate surface area is 145 Å². The van der Waals surface area contributed by atoms with Crippen LogP contribution < -0.4 is 5.56 Å². The van der Waals surface area contributed by atoms with Gasteiger partial charge in [0.1, 0.15) is 18.7 Å². The Morgan fingerprint density at radius 1 is 1.42 bits per heavy atom. The highest BCUT2D eigenvalue weighted by molar-refractivity contribution is 7.51. The molecule has 4 rings (SSSR count). The van der Waals surface area contributed by atoms with Gasteiger partial charge in [-0.2, -0.15) is 0 Å². The molecular formula is C13H15N6O6P. The molecule has 0 spiro atoms. The van der Waals surface area contributed by atoms with Crippen LogP contribution in [0.25, 0.3) is 11.2 Å². The molecule has 138 valence electrons. The topological polar surface area (TPSA) is 157 Å². The lowest BCUT2D eigenvalue weighted by Crippen LogP contribution is -2.26. The van der Waals surface area contributed by atoms with E-state index in [1.165, 1.54) is 29.6 Å². The van der Waals surface area contributed by atoms with Gasteiger partial charge in [0, 0.05) is 18.8 Å². The molecule has 1 unspecified atom stereocenters. The Kier molecular flexibility index (Phi) is 4.21. The second-order valence-electron chi connectivity index (χ2n) is 5.72. The van der Waals surface area contributed by atoms with Gasteiger partial charge in [-0.05, 0) is 0 Å². The first kappa shape index (κ1) is 17.1. The molecule has 26 heavy (non-hydrogen) atoms. The zero-order valence-corrected chi connectivity index (χ0v) is 14.1. The molecule has 0 radical (unpaired) electrons. The van der Waals surface area contributed by atoms with Gasteiger partial charge in [0.2, 0.25) is 0 Å². The maximum Gasteiger partial charge on any atom is 0.437 e. The van der Waals surface area contributed by atoms with Crippen molar-refractivity contribution in [1.29, 1.82) is 0 Å². The van der Waals surface area contributed by atoms with Crippen molar-refractivity contribution in [2.75, 3.05) is 6.61 Å². The molecule has 4 heterocycles. The number of aliphatic hydroxyl groups is 1. The highest BCUT2D eigenvalue weighted by Gasteiger charge is 2.37. The molecule has 0 aromatic carbocycles. The summed E-state index contributed by atoms with van der Waals surface area (Å²) in [4.78, 5) is 35.8. The molecular weight excluding hydrogens is 367 g/mol. The number of nitrogens with one attached hydrogen (secondary N) is 1. The predicted molar refractivity (Wildman–Crippen MR) is 86.1 cm³/mol. The fourth-order valence-electron chi connectivity index (χ4n) is 2.75. The zero-order valence-electron chi connectivity index (χ0n) is 13.2. The first-order valence-corrected chi connectivity index (χ1v) is 9.18. The van der Waals surface area contributed by atoms with E-state index in [0.29, 0.717) is 5.65 Å². The summed E-state index contributed by atoms with van der Waals surface area (Å²) in [5.41, 5.74) is 0.0951. The minimum absolute atomic E-state index is 0.158. The van der Waals surface area contributed by atoms with E-state index >= 15 is 0 Å². The van der Waals surface area contributed by atoms with Gasteiger partial charge in [0.15, 0.2) is 11.2 Å². The van der Waals surface area contributed by atoms with Crippen molar-refractivity contribution in [3.8, 4) is 0 Å². The highest BCUT2D eigenvalue weighted by atomic mass is 31.2. The van der Waals surface area contributed by atoms with Crippen LogP contribution in [-0.2, 0) is 13.8 Å². The number of ether oxygens (including phenoxy) is 1. The zero-order chi connectivity index (χ0) is 18.3. The molecule has 1 fully saturated rings. The summed E-state index contributed by atoms with van der Waals surface area (Å²) >= 11 is 0. The summed E-state index contributed by atoms with van der Waals surface area (Å²) in [6.45, 7) is -0.301. The minimum atomic E-state index is -4.12. The number of hydrogen-bond donors (Lipinski definition) is 3. The van der Waals surface area contributed by atoms with Crippen LogP contribution in [0.1, 0.15) is 12.6 Å². The third-order valence-electron chi connectivity index (χ3n) is 4.07. The number of rotatable bonds is 5. The summed E-state index contributed by atoms with van der Waals surface area (Å²) in [5, 5.41) is 10.2. The molecule has 1 aliphatic heterocycles. The van der Waals surface area contributed by atoms with Gasteiger partial charge in [0.25, 0.3) is 5.56 Å². The van der Waals surface area contributed by atoms with E-state index in [9.17, 15) is 19.4 Å². The largest absolute Gasteiger partial charge is 0.437 e. The van der Waals surface area contributed by atoms with Crippen molar-refractivity contribution >= 4 is 18.9 Å². The molecule has 12 nitrogen and oxygen atoms in total. The minimum Gasteiger partial charge on any atom is -0.390 e. The predicted octanol–water partition coefficient (Wildman–Crippen LogP) is -0.370. The molecule has 4 atom stereocenters. The number of aliphatic hydroxyl groups excluding tert-OH is 1. The van der Waals surface area contributed by atoms with E-state index in [1.807, 2.05) is 0 Å². The molecule has 0 aliphatic carbocycles. The molecule has 1 saturated heterocycles. The molecule has 3 N–H and O–H groups in total. The Balaban J connectivity index is 1.48. The van der Waals surface area contributed by atoms with Crippen LogP contribution in [0.3, 0.4) is 0 Å². The number of hydrogen-bond acceptors (Lipinski definition) is 8. The number of imidazole rings is 2. The van der Waals surface area contributed by atoms with E-state index in [2.05, 4.69) is 19.9 Å². The molecule has 1 aliphatic rings. The van der Waals surface area contributed by atoms with E-state index in [4.69, 9.17) is 9.26 Å². The average Bonchev–Trinajstić information content (AvgIpc) is 3.33. The third-order valence-corrected chi connectivity index (χ3v) is 5.37. The van der Waals surface area contributed by atoms with Gasteiger partial charge in [-0.3, -0.25) is 13.9 Å². The van der Waals surface area contributed by atoms with Crippen LogP contribution in [0.2, 0.25) is 0 Å². The Bertz CT molecular complexity index is 1020. The van der Waals surface area contributed by atoms with Crippen LogP contribution in [0.4, 0.5) is 0 Å². The van der Waals surface area contributed by atoms with E-state index in [0.717, 1.165) is 10.7 Å². The van der Waals surface area contributed by atoms with Crippen molar-refractivity contribution in [2.45, 2.75) is 24.9 Å². The number of aromatic nitrogens is 6. The second kappa shape index (κ2) is 6.41. The molecule has 0 amide bonds. The van der Waals surface area contributed by atoms with E-state index in [1.54, 1.807) is 0 Å². The SMILES string of the molecule is O=c1[nH]cnc2c1ncn2[C@H]1C[C@H](O)[C@@H](COP(=O)(O)n2ccnc2)O1. The molecule has 13 heteroatoms. The lowest BCUT2D eigenvalue weighted by Gasteiger charge is -2.18. The van der Waals surface area contributed by atoms with Gasteiger partial charge >= 0.3 is 7.75 Å². The van der Waals surface area contributed by atoms with Crippen LogP contribution in [-0.4, -0.2) is 57.7 Å². The van der Waals surface area contributed by atoms with E-state index < -0.39 is 26.2 Å². The summed E-state index contributed by atoms with van der Waals surface area (Å²) < 4.78 is 25.4. The Morgan fingerprint density at radius 2 is 2.27 bits per heavy atom. The number of H-pyrrole nitrogens is 1. The van der Waals surface area contributed by atoms with Crippen LogP contribution in [0.5, 0.6) is 0 Å². The van der Waals surface area contributed by atoms with Crippen molar-refractivity contribution in [3.05, 3.63) is 41.7 Å². The van der Waals surface area contributed by atoms with Crippen molar-refractivity contribution in [1.82, 2.24) is 28.8 Å². The number of aromatic amines is 1. The summed E-state index contributed by atoms with van der Waals surface area (Å²) in [6.07, 6.45) is 4.26. The quantitative estimate of drug-likeness (QED) is 0.501. The molecule has 0 bridgehead atoms. The van der Waals surface area contributed by atoms with Crippen molar-refractivity contribution in [2.24, 2.45) is 0 Å². The van der Waals surface area contributed by atoms with Crippen LogP contribution in [0, 0.1) is 0 Å². The van der Waals surface area contributed by atoms with Gasteiger partial charge in [-0.25, -0.2) is 23.9 Å². The molecule has 3 aromatic rings. The first-order chi connectivity index (χ1) is 12.5. The second-order valence-corrected chi connectivity index (χ2v) is 7.42. The monoisotopic (exact) mass is 382 g/mol. The fourth-order valence-corrected chi connectivity index (χ4v) is 3.64. The lowest BCUT2D eigenvalue weighted by atomic mass is 10.2. The third kappa shape index (κ3) is 2.97. The Hall–Kier alpha value is -2.37. The summed E-state index contributed by atoms with van der Waals surface area (Å²) in [7, 11) is -4.12. The maximum absolute atomic E-state index is 12.1. The summed E-state index contributed by atoms with van der Waals surface area (Å²) in [6, 6.07) is 0. The molecule has 0 saturated carbocycles. The van der Waals surface area contributed by atoms with Gasteiger partial charge in [-0.15, -0.1) is 0 Å². The van der Waals surface area contributed by atoms with Gasteiger partial charge in [-0.1, -0.05) is 0 Å². The van der Waals surface area contributed by atoms with Gasteiger partial charge in [0.05, 0.1) is 25.4 Å². The standard InChI is InChI=1S/C13H15N6O6P/c20-8-3-10(19-7-17-11-12(19)15-5-16-13(11)21)25-9(8)4-24-26(22,23)18-2-1-14-6-18/h1-2,5-10,20H,3-4H2,(H,22,23)(H,15,16,21)/t8-,9+,10+/m0/s1. The van der Waals surface area contributed by atoms with Crippen LogP contribution in [0.15, 0.2) is 36.2 Å².